The first-order valence-electron chi connectivity index (χ1n) is 9.23. The van der Waals surface area contributed by atoms with Crippen molar-refractivity contribution in [2.45, 2.75) is 46.6 Å². The van der Waals surface area contributed by atoms with E-state index in [1.807, 2.05) is 39.0 Å². The van der Waals surface area contributed by atoms with E-state index in [-0.39, 0.29) is 11.9 Å². The quantitative estimate of drug-likeness (QED) is 0.543. The maximum absolute atomic E-state index is 12.4. The Labute approximate surface area is 160 Å². The van der Waals surface area contributed by atoms with Gasteiger partial charge in [-0.05, 0) is 62.6 Å². The number of hydrogen-bond acceptors (Lipinski definition) is 4. The van der Waals surface area contributed by atoms with Crippen molar-refractivity contribution in [1.82, 2.24) is 0 Å². The minimum atomic E-state index is -0.675. The number of benzene rings is 2. The van der Waals surface area contributed by atoms with E-state index in [0.29, 0.717) is 17.9 Å². The first-order valence-corrected chi connectivity index (χ1v) is 9.23. The van der Waals surface area contributed by atoms with Gasteiger partial charge in [-0.3, -0.25) is 4.79 Å². The fourth-order valence-corrected chi connectivity index (χ4v) is 2.56. The van der Waals surface area contributed by atoms with E-state index in [0.717, 1.165) is 29.7 Å². The minimum absolute atomic E-state index is 0.226. The fraction of sp³-hybridized carbons (Fsp3) is 0.364. The van der Waals surface area contributed by atoms with Gasteiger partial charge in [0, 0.05) is 5.69 Å². The van der Waals surface area contributed by atoms with Crippen molar-refractivity contribution in [3.63, 3.8) is 0 Å². The standard InChI is InChI=1S/C22H27NO4/c1-5-6-14-26-22(25)18-10-12-19(13-11-18)27-17(4)21(24)23-20-15(2)8-7-9-16(20)3/h7-13,17H,5-6,14H2,1-4H3,(H,23,24)/t17-/m0/s1. The van der Waals surface area contributed by atoms with E-state index >= 15 is 0 Å². The second kappa shape index (κ2) is 9.76. The molecule has 27 heavy (non-hydrogen) atoms. The molecule has 5 heteroatoms. The second-order valence-corrected chi connectivity index (χ2v) is 6.53. The summed E-state index contributed by atoms with van der Waals surface area (Å²) in [5.74, 6) is -0.0597. The molecule has 2 rings (SSSR count). The number of esters is 1. The Hall–Kier alpha value is -2.82. The number of carbonyl (C=O) groups excluding carboxylic acids is 2. The van der Waals surface area contributed by atoms with Crippen molar-refractivity contribution in [3.05, 3.63) is 59.2 Å². The van der Waals surface area contributed by atoms with E-state index in [9.17, 15) is 9.59 Å². The van der Waals surface area contributed by atoms with Crippen LogP contribution in [-0.4, -0.2) is 24.6 Å². The van der Waals surface area contributed by atoms with Crippen molar-refractivity contribution < 1.29 is 19.1 Å². The highest BCUT2D eigenvalue weighted by Crippen LogP contribution is 2.20. The molecule has 2 aromatic rings. The number of anilines is 1. The Balaban J connectivity index is 1.94. The van der Waals surface area contributed by atoms with Gasteiger partial charge >= 0.3 is 5.97 Å². The van der Waals surface area contributed by atoms with Crippen LogP contribution >= 0.6 is 0 Å². The lowest BCUT2D eigenvalue weighted by molar-refractivity contribution is -0.122. The predicted octanol–water partition coefficient (Wildman–Crippen LogP) is 4.67. The van der Waals surface area contributed by atoms with Crippen molar-refractivity contribution >= 4 is 17.6 Å². The summed E-state index contributed by atoms with van der Waals surface area (Å²) >= 11 is 0. The number of unbranched alkanes of at least 4 members (excludes halogenated alkanes) is 1. The highest BCUT2D eigenvalue weighted by molar-refractivity contribution is 5.95. The van der Waals surface area contributed by atoms with Gasteiger partial charge in [0.05, 0.1) is 12.2 Å². The van der Waals surface area contributed by atoms with Gasteiger partial charge in [0.1, 0.15) is 5.75 Å². The summed E-state index contributed by atoms with van der Waals surface area (Å²) in [6.45, 7) is 8.05. The minimum Gasteiger partial charge on any atom is -0.481 e. The van der Waals surface area contributed by atoms with Gasteiger partial charge in [-0.25, -0.2) is 4.79 Å². The van der Waals surface area contributed by atoms with Crippen LogP contribution in [0.2, 0.25) is 0 Å². The van der Waals surface area contributed by atoms with Gasteiger partial charge < -0.3 is 14.8 Å². The number of ether oxygens (including phenoxy) is 2. The largest absolute Gasteiger partial charge is 0.481 e. The monoisotopic (exact) mass is 369 g/mol. The van der Waals surface area contributed by atoms with Gasteiger partial charge in [0.25, 0.3) is 5.91 Å². The van der Waals surface area contributed by atoms with E-state index in [4.69, 9.17) is 9.47 Å². The molecular formula is C22H27NO4. The summed E-state index contributed by atoms with van der Waals surface area (Å²) in [7, 11) is 0. The van der Waals surface area contributed by atoms with Crippen LogP contribution < -0.4 is 10.1 Å². The SMILES string of the molecule is CCCCOC(=O)c1ccc(O[C@@H](C)C(=O)Nc2c(C)cccc2C)cc1. The molecule has 0 bridgehead atoms. The summed E-state index contributed by atoms with van der Waals surface area (Å²) < 4.78 is 10.9. The molecule has 5 nitrogen and oxygen atoms in total. The van der Waals surface area contributed by atoms with Gasteiger partial charge in [-0.1, -0.05) is 31.5 Å². The third-order valence-corrected chi connectivity index (χ3v) is 4.23. The van der Waals surface area contributed by atoms with Gasteiger partial charge in [0.2, 0.25) is 0 Å². The maximum Gasteiger partial charge on any atom is 0.338 e. The van der Waals surface area contributed by atoms with Crippen LogP contribution in [0.1, 0.15) is 48.2 Å². The van der Waals surface area contributed by atoms with E-state index in [1.54, 1.807) is 31.2 Å². The van der Waals surface area contributed by atoms with Crippen molar-refractivity contribution in [2.75, 3.05) is 11.9 Å². The number of amides is 1. The molecule has 0 unspecified atom stereocenters. The lowest BCUT2D eigenvalue weighted by atomic mass is 10.1. The van der Waals surface area contributed by atoms with E-state index in [1.165, 1.54) is 0 Å². The average molecular weight is 369 g/mol. The van der Waals surface area contributed by atoms with Gasteiger partial charge in [0.15, 0.2) is 6.10 Å². The van der Waals surface area contributed by atoms with Crippen LogP contribution in [-0.2, 0) is 9.53 Å². The lowest BCUT2D eigenvalue weighted by Gasteiger charge is -2.17. The molecule has 0 radical (unpaired) electrons. The molecule has 1 amide bonds. The molecule has 0 saturated carbocycles. The Morgan fingerprint density at radius 3 is 2.26 bits per heavy atom. The van der Waals surface area contributed by atoms with Crippen LogP contribution in [0.15, 0.2) is 42.5 Å². The molecule has 0 aromatic heterocycles. The van der Waals surface area contributed by atoms with E-state index < -0.39 is 6.10 Å². The first kappa shape index (κ1) is 20.5. The summed E-state index contributed by atoms with van der Waals surface area (Å²) in [6, 6.07) is 12.5. The molecule has 0 saturated heterocycles. The zero-order valence-electron chi connectivity index (χ0n) is 16.4. The van der Waals surface area contributed by atoms with Crippen LogP contribution in [0.25, 0.3) is 0 Å². The molecule has 2 aromatic carbocycles. The number of aryl methyl sites for hydroxylation is 2. The van der Waals surface area contributed by atoms with Crippen molar-refractivity contribution in [3.8, 4) is 5.75 Å². The smallest absolute Gasteiger partial charge is 0.338 e. The lowest BCUT2D eigenvalue weighted by Crippen LogP contribution is -2.30. The molecule has 0 fully saturated rings. The van der Waals surface area contributed by atoms with Crippen molar-refractivity contribution in [1.29, 1.82) is 0 Å². The summed E-state index contributed by atoms with van der Waals surface area (Å²) in [4.78, 5) is 24.3. The molecule has 1 N–H and O–H groups in total. The number of nitrogens with one attached hydrogen (secondary N) is 1. The van der Waals surface area contributed by atoms with Gasteiger partial charge in [-0.2, -0.15) is 0 Å². The molecule has 144 valence electrons. The summed E-state index contributed by atoms with van der Waals surface area (Å²) in [6.07, 6.45) is 1.15. The number of carbonyl (C=O) groups is 2. The molecule has 1 atom stereocenters. The molecule has 0 aliphatic heterocycles. The topological polar surface area (TPSA) is 64.6 Å². The maximum atomic E-state index is 12.4. The van der Waals surface area contributed by atoms with Crippen LogP contribution in [0.5, 0.6) is 5.75 Å². The zero-order chi connectivity index (χ0) is 19.8. The Morgan fingerprint density at radius 2 is 1.67 bits per heavy atom. The predicted molar refractivity (Wildman–Crippen MR) is 106 cm³/mol. The molecule has 0 heterocycles. The summed E-state index contributed by atoms with van der Waals surface area (Å²) in [5.41, 5.74) is 3.28. The molecular weight excluding hydrogens is 342 g/mol. The fourth-order valence-electron chi connectivity index (χ4n) is 2.56. The Bertz CT molecular complexity index is 763. The van der Waals surface area contributed by atoms with E-state index in [2.05, 4.69) is 5.32 Å². The molecule has 0 aliphatic rings. The zero-order valence-corrected chi connectivity index (χ0v) is 16.4. The van der Waals surface area contributed by atoms with Crippen LogP contribution in [0.3, 0.4) is 0 Å². The molecule has 0 aliphatic carbocycles. The first-order chi connectivity index (χ1) is 12.9. The average Bonchev–Trinajstić information content (AvgIpc) is 2.65. The number of para-hydroxylation sites is 1. The highest BCUT2D eigenvalue weighted by atomic mass is 16.5. The Kier molecular flexibility index (Phi) is 7.41. The third-order valence-electron chi connectivity index (χ3n) is 4.23. The van der Waals surface area contributed by atoms with Crippen LogP contribution in [0, 0.1) is 13.8 Å². The Morgan fingerprint density at radius 1 is 1.04 bits per heavy atom. The van der Waals surface area contributed by atoms with Gasteiger partial charge in [-0.15, -0.1) is 0 Å². The normalized spacial score (nSPS) is 11.6. The molecule has 0 spiro atoms. The number of hydrogen-bond donors (Lipinski definition) is 1. The van der Waals surface area contributed by atoms with Crippen molar-refractivity contribution in [2.24, 2.45) is 0 Å². The number of rotatable bonds is 8. The third kappa shape index (κ3) is 5.84. The summed E-state index contributed by atoms with van der Waals surface area (Å²) in [5, 5.41) is 2.92. The second-order valence-electron chi connectivity index (χ2n) is 6.53. The highest BCUT2D eigenvalue weighted by Gasteiger charge is 2.17. The van der Waals surface area contributed by atoms with Crippen LogP contribution in [0.4, 0.5) is 5.69 Å².